The number of aryl methyl sites for hydroxylation is 1. The van der Waals surface area contributed by atoms with Gasteiger partial charge in [0.05, 0.1) is 5.69 Å². The molecule has 1 aromatic rings. The Labute approximate surface area is 72.5 Å². The lowest BCUT2D eigenvalue weighted by Gasteiger charge is -2.02. The van der Waals surface area contributed by atoms with Gasteiger partial charge in [0, 0.05) is 6.07 Å². The van der Waals surface area contributed by atoms with Gasteiger partial charge in [0.2, 0.25) is 0 Å². The quantitative estimate of drug-likeness (QED) is 0.316. The summed E-state index contributed by atoms with van der Waals surface area (Å²) in [7, 11) is 0. The largest absolute Gasteiger partial charge is 0.508 e. The van der Waals surface area contributed by atoms with Gasteiger partial charge in [0.15, 0.2) is 0 Å². The normalized spacial score (nSPS) is 8.58. The average molecular weight is 169 g/mol. The number of phenols is 2. The molecule has 0 amide bonds. The molecule has 1 rings (SSSR count). The van der Waals surface area contributed by atoms with Crippen molar-refractivity contribution in [1.82, 2.24) is 0 Å². The summed E-state index contributed by atoms with van der Waals surface area (Å²) in [5, 5.41) is 18.0. The van der Waals surface area contributed by atoms with E-state index >= 15 is 0 Å². The van der Waals surface area contributed by atoms with Gasteiger partial charge in [0.1, 0.15) is 11.5 Å². The molecule has 0 heterocycles. The highest BCUT2D eigenvalue weighted by Crippen LogP contribution is 2.28. The summed E-state index contributed by atoms with van der Waals surface area (Å²) < 4.78 is 0. The van der Waals surface area contributed by atoms with E-state index in [2.05, 4.69) is 0 Å². The lowest BCUT2D eigenvalue weighted by Crippen LogP contribution is -1.86. The maximum atomic E-state index is 9.09. The zero-order valence-corrected chi connectivity index (χ0v) is 7.63. The minimum Gasteiger partial charge on any atom is -0.508 e. The minimum atomic E-state index is 0.0396. The van der Waals surface area contributed by atoms with Crippen molar-refractivity contribution in [2.24, 2.45) is 0 Å². The Bertz CT molecular complexity index is 236. The summed E-state index contributed by atoms with van der Waals surface area (Å²) in [5.74, 6) is 0.116. The fourth-order valence-corrected chi connectivity index (χ4v) is 0.787. The van der Waals surface area contributed by atoms with Crippen LogP contribution in [0.15, 0.2) is 12.1 Å². The van der Waals surface area contributed by atoms with Crippen molar-refractivity contribution < 1.29 is 10.2 Å². The van der Waals surface area contributed by atoms with Gasteiger partial charge in [0.25, 0.3) is 0 Å². The van der Waals surface area contributed by atoms with E-state index in [4.69, 9.17) is 15.9 Å². The Morgan fingerprint density at radius 2 is 1.67 bits per heavy atom. The van der Waals surface area contributed by atoms with Crippen LogP contribution in [0.25, 0.3) is 0 Å². The van der Waals surface area contributed by atoms with E-state index in [1.807, 2.05) is 13.8 Å². The van der Waals surface area contributed by atoms with Gasteiger partial charge in [-0.05, 0) is 18.6 Å². The van der Waals surface area contributed by atoms with Crippen LogP contribution in [-0.4, -0.2) is 10.2 Å². The van der Waals surface area contributed by atoms with Crippen molar-refractivity contribution in [1.29, 1.82) is 0 Å². The summed E-state index contributed by atoms with van der Waals surface area (Å²) in [6, 6.07) is 2.76. The number of hydrogen-bond donors (Lipinski definition) is 3. The van der Waals surface area contributed by atoms with E-state index < -0.39 is 0 Å². The highest BCUT2D eigenvalue weighted by Gasteiger charge is 2.01. The third-order valence-electron chi connectivity index (χ3n) is 1.31. The molecule has 3 heteroatoms. The fourth-order valence-electron chi connectivity index (χ4n) is 0.787. The molecule has 0 aromatic heterocycles. The van der Waals surface area contributed by atoms with Crippen LogP contribution in [0.4, 0.5) is 5.69 Å². The smallest absolute Gasteiger partial charge is 0.141 e. The first-order valence-corrected chi connectivity index (χ1v) is 3.89. The molecule has 12 heavy (non-hydrogen) atoms. The molecule has 0 fully saturated rings. The fraction of sp³-hybridized carbons (Fsp3) is 0.333. The van der Waals surface area contributed by atoms with E-state index in [1.54, 1.807) is 6.92 Å². The molecule has 0 aliphatic rings. The molecule has 0 unspecified atom stereocenters. The molecule has 0 atom stereocenters. The van der Waals surface area contributed by atoms with Crippen LogP contribution >= 0.6 is 0 Å². The number of hydrogen-bond acceptors (Lipinski definition) is 3. The van der Waals surface area contributed by atoms with Crippen LogP contribution in [0.3, 0.4) is 0 Å². The van der Waals surface area contributed by atoms with Gasteiger partial charge in [-0.1, -0.05) is 13.8 Å². The SMILES string of the molecule is CC.Cc1cc(O)cc(N)c1O. The molecule has 68 valence electrons. The van der Waals surface area contributed by atoms with Crippen molar-refractivity contribution in [3.63, 3.8) is 0 Å². The van der Waals surface area contributed by atoms with Crippen molar-refractivity contribution in [2.45, 2.75) is 20.8 Å². The van der Waals surface area contributed by atoms with Crippen LogP contribution in [0.2, 0.25) is 0 Å². The summed E-state index contributed by atoms with van der Waals surface area (Å²) in [4.78, 5) is 0. The van der Waals surface area contributed by atoms with Crippen LogP contribution in [0.1, 0.15) is 19.4 Å². The second kappa shape index (κ2) is 4.49. The van der Waals surface area contributed by atoms with Crippen LogP contribution < -0.4 is 5.73 Å². The van der Waals surface area contributed by atoms with Crippen molar-refractivity contribution >= 4 is 5.69 Å². The summed E-state index contributed by atoms with van der Waals surface area (Å²) in [6.07, 6.45) is 0. The molecule has 3 nitrogen and oxygen atoms in total. The van der Waals surface area contributed by atoms with Gasteiger partial charge in [-0.25, -0.2) is 0 Å². The third kappa shape index (κ3) is 2.34. The van der Waals surface area contributed by atoms with Crippen molar-refractivity contribution in [3.05, 3.63) is 17.7 Å². The standard InChI is InChI=1S/C7H9NO2.C2H6/c1-4-2-5(9)3-6(8)7(4)10;1-2/h2-3,9-10H,8H2,1H3;1-2H3. The lowest BCUT2D eigenvalue weighted by atomic mass is 10.2. The molecule has 0 saturated carbocycles. The van der Waals surface area contributed by atoms with Gasteiger partial charge in [-0.3, -0.25) is 0 Å². The molecule has 0 radical (unpaired) electrons. The van der Waals surface area contributed by atoms with E-state index in [0.717, 1.165) is 0 Å². The van der Waals surface area contributed by atoms with E-state index in [9.17, 15) is 0 Å². The van der Waals surface area contributed by atoms with E-state index in [-0.39, 0.29) is 17.2 Å². The molecule has 0 bridgehead atoms. The molecule has 4 N–H and O–H groups in total. The zero-order chi connectivity index (χ0) is 9.72. The Morgan fingerprint density at radius 1 is 1.17 bits per heavy atom. The zero-order valence-electron chi connectivity index (χ0n) is 7.63. The molecule has 0 aliphatic carbocycles. The predicted octanol–water partition coefficient (Wildman–Crippen LogP) is 2.01. The van der Waals surface area contributed by atoms with E-state index in [0.29, 0.717) is 5.56 Å². The number of phenolic OH excluding ortho intramolecular Hbond substituents is 2. The second-order valence-electron chi connectivity index (χ2n) is 2.20. The summed E-state index contributed by atoms with van der Waals surface area (Å²) >= 11 is 0. The highest BCUT2D eigenvalue weighted by molar-refractivity contribution is 5.58. The molecule has 0 spiro atoms. The van der Waals surface area contributed by atoms with Gasteiger partial charge >= 0.3 is 0 Å². The average Bonchev–Trinajstić information content (AvgIpc) is 2.04. The topological polar surface area (TPSA) is 66.5 Å². The van der Waals surface area contributed by atoms with Gasteiger partial charge < -0.3 is 15.9 Å². The first kappa shape index (κ1) is 10.6. The molecule has 1 aromatic carbocycles. The van der Waals surface area contributed by atoms with Crippen LogP contribution in [0, 0.1) is 6.92 Å². The Kier molecular flexibility index (Phi) is 3.97. The minimum absolute atomic E-state index is 0.0396. The molecule has 0 saturated heterocycles. The molecule has 0 aliphatic heterocycles. The number of benzene rings is 1. The van der Waals surface area contributed by atoms with Crippen molar-refractivity contribution in [3.8, 4) is 11.5 Å². The first-order chi connectivity index (χ1) is 5.61. The van der Waals surface area contributed by atoms with Crippen LogP contribution in [-0.2, 0) is 0 Å². The molecular weight excluding hydrogens is 154 g/mol. The maximum Gasteiger partial charge on any atom is 0.141 e. The Balaban J connectivity index is 0.000000561. The highest BCUT2D eigenvalue weighted by atomic mass is 16.3. The van der Waals surface area contributed by atoms with Gasteiger partial charge in [-0.15, -0.1) is 0 Å². The molecular formula is C9H15NO2. The number of nitrogen functional groups attached to an aromatic ring is 1. The predicted molar refractivity (Wildman–Crippen MR) is 50.3 cm³/mol. The first-order valence-electron chi connectivity index (χ1n) is 3.89. The van der Waals surface area contributed by atoms with Crippen LogP contribution in [0.5, 0.6) is 11.5 Å². The number of rotatable bonds is 0. The van der Waals surface area contributed by atoms with E-state index in [1.165, 1.54) is 12.1 Å². The third-order valence-corrected chi connectivity index (χ3v) is 1.31. The second-order valence-corrected chi connectivity index (χ2v) is 2.20. The summed E-state index contributed by atoms with van der Waals surface area (Å²) in [5.41, 5.74) is 6.10. The Hall–Kier alpha value is -1.38. The number of nitrogens with two attached hydrogens (primary N) is 1. The lowest BCUT2D eigenvalue weighted by molar-refractivity contribution is 0.459. The maximum absolute atomic E-state index is 9.09. The summed E-state index contributed by atoms with van der Waals surface area (Å²) in [6.45, 7) is 5.67. The monoisotopic (exact) mass is 169 g/mol. The van der Waals surface area contributed by atoms with Gasteiger partial charge in [-0.2, -0.15) is 0 Å². The number of aromatic hydroxyl groups is 2. The van der Waals surface area contributed by atoms with Crippen molar-refractivity contribution in [2.75, 3.05) is 5.73 Å². The number of anilines is 1. The Morgan fingerprint density at radius 3 is 2.08 bits per heavy atom.